The number of rotatable bonds is 5. The molecule has 1 aromatic carbocycles. The van der Waals surface area contributed by atoms with Crippen LogP contribution >= 0.6 is 0 Å². The van der Waals surface area contributed by atoms with Gasteiger partial charge in [0.25, 0.3) is 0 Å². The Hall–Kier alpha value is -2.80. The second kappa shape index (κ2) is 8.06. The van der Waals surface area contributed by atoms with E-state index >= 15 is 0 Å². The normalized spacial score (nSPS) is 24.3. The molecule has 148 valence electrons. The maximum absolute atomic E-state index is 13.3. The van der Waals surface area contributed by atoms with Gasteiger partial charge in [-0.25, -0.2) is 4.79 Å². The maximum atomic E-state index is 13.3. The van der Waals surface area contributed by atoms with Gasteiger partial charge in [-0.15, -0.1) is 0 Å². The van der Waals surface area contributed by atoms with Crippen LogP contribution in [0.4, 0.5) is 4.79 Å². The highest BCUT2D eigenvalue weighted by Gasteiger charge is 2.46. The number of ether oxygens (including phenoxy) is 1. The van der Waals surface area contributed by atoms with Crippen LogP contribution in [0.3, 0.4) is 0 Å². The molecule has 0 spiro atoms. The Balaban J connectivity index is 1.53. The van der Waals surface area contributed by atoms with Crippen molar-refractivity contribution in [3.05, 3.63) is 60.1 Å². The lowest BCUT2D eigenvalue weighted by molar-refractivity contribution is -0.141. The molecule has 7 heteroatoms. The van der Waals surface area contributed by atoms with Gasteiger partial charge in [0.2, 0.25) is 5.91 Å². The van der Waals surface area contributed by atoms with E-state index in [1.165, 1.54) is 0 Å². The number of carbonyl (C=O) groups is 2. The second-order valence-corrected chi connectivity index (χ2v) is 7.33. The molecule has 2 saturated heterocycles. The predicted octanol–water partition coefficient (Wildman–Crippen LogP) is 2.03. The molecule has 0 bridgehead atoms. The minimum Gasteiger partial charge on any atom is -0.467 e. The summed E-state index contributed by atoms with van der Waals surface area (Å²) in [7, 11) is 1.67. The maximum Gasteiger partial charge on any atom is 0.318 e. The number of urea groups is 1. The Morgan fingerprint density at radius 3 is 2.75 bits per heavy atom. The molecular formula is C21H25N3O4. The number of benzene rings is 1. The van der Waals surface area contributed by atoms with Crippen LogP contribution in [-0.2, 0) is 22.5 Å². The summed E-state index contributed by atoms with van der Waals surface area (Å²) in [5.74, 6) is 0.672. The first kappa shape index (κ1) is 18.6. The molecule has 3 amide bonds. The van der Waals surface area contributed by atoms with Crippen LogP contribution in [0.15, 0.2) is 53.1 Å². The van der Waals surface area contributed by atoms with Crippen molar-refractivity contribution in [2.75, 3.05) is 20.2 Å². The molecule has 3 atom stereocenters. The Kier molecular flexibility index (Phi) is 5.34. The highest BCUT2D eigenvalue weighted by atomic mass is 16.5. The molecular weight excluding hydrogens is 358 g/mol. The van der Waals surface area contributed by atoms with E-state index in [2.05, 4.69) is 5.32 Å². The molecule has 4 rings (SSSR count). The average Bonchev–Trinajstić information content (AvgIpc) is 3.38. The molecule has 1 N–H and O–H groups in total. The monoisotopic (exact) mass is 383 g/mol. The molecule has 0 unspecified atom stereocenters. The van der Waals surface area contributed by atoms with Crippen molar-refractivity contribution in [1.29, 1.82) is 0 Å². The van der Waals surface area contributed by atoms with Gasteiger partial charge < -0.3 is 24.3 Å². The van der Waals surface area contributed by atoms with Gasteiger partial charge in [-0.3, -0.25) is 4.79 Å². The summed E-state index contributed by atoms with van der Waals surface area (Å²) in [6.07, 6.45) is 2.85. The number of fused-ring (bicyclic) bond motifs is 1. The number of furan rings is 1. The molecule has 2 aliphatic rings. The first-order chi connectivity index (χ1) is 13.7. The molecule has 1 aromatic heterocycles. The lowest BCUT2D eigenvalue weighted by atomic mass is 9.99. The number of amides is 3. The van der Waals surface area contributed by atoms with E-state index in [0.717, 1.165) is 12.0 Å². The lowest BCUT2D eigenvalue weighted by Gasteiger charge is -2.42. The standard InChI is InChI=1S/C21H25N3O4/c1-27-18-11-16-13-24(21(26)22-12-17-8-5-9-28-17)19(20(25)23(16)14-18)10-15-6-3-2-4-7-15/h2-9,16,18-19H,10-14H2,1H3,(H,22,26)/t16-,18-,19-/m0/s1. The Morgan fingerprint density at radius 1 is 1.21 bits per heavy atom. The Labute approximate surface area is 164 Å². The van der Waals surface area contributed by atoms with E-state index in [4.69, 9.17) is 9.15 Å². The highest BCUT2D eigenvalue weighted by molar-refractivity contribution is 5.89. The third-order valence-electron chi connectivity index (χ3n) is 5.59. The molecule has 7 nitrogen and oxygen atoms in total. The van der Waals surface area contributed by atoms with Crippen molar-refractivity contribution in [3.63, 3.8) is 0 Å². The number of hydrogen-bond acceptors (Lipinski definition) is 4. The molecule has 3 heterocycles. The number of nitrogens with one attached hydrogen (secondary N) is 1. The number of carbonyl (C=O) groups excluding carboxylic acids is 2. The number of piperazine rings is 1. The van der Waals surface area contributed by atoms with Crippen LogP contribution < -0.4 is 5.32 Å². The zero-order chi connectivity index (χ0) is 19.5. The largest absolute Gasteiger partial charge is 0.467 e. The Bertz CT molecular complexity index is 808. The van der Waals surface area contributed by atoms with E-state index in [-0.39, 0.29) is 24.1 Å². The van der Waals surface area contributed by atoms with Gasteiger partial charge in [0.1, 0.15) is 11.8 Å². The topological polar surface area (TPSA) is 75.0 Å². The summed E-state index contributed by atoms with van der Waals surface area (Å²) in [6.45, 7) is 1.39. The van der Waals surface area contributed by atoms with Crippen LogP contribution in [0.2, 0.25) is 0 Å². The van der Waals surface area contributed by atoms with Crippen molar-refractivity contribution in [1.82, 2.24) is 15.1 Å². The fourth-order valence-corrected chi connectivity index (χ4v) is 4.10. The van der Waals surface area contributed by atoms with Crippen molar-refractivity contribution in [3.8, 4) is 0 Å². The summed E-state index contributed by atoms with van der Waals surface area (Å²) in [6, 6.07) is 12.6. The molecule has 0 aliphatic carbocycles. The van der Waals surface area contributed by atoms with E-state index in [1.807, 2.05) is 41.3 Å². The third kappa shape index (κ3) is 3.75. The molecule has 28 heavy (non-hydrogen) atoms. The summed E-state index contributed by atoms with van der Waals surface area (Å²) >= 11 is 0. The first-order valence-electron chi connectivity index (χ1n) is 9.59. The van der Waals surface area contributed by atoms with E-state index in [9.17, 15) is 9.59 Å². The van der Waals surface area contributed by atoms with Gasteiger partial charge in [0.15, 0.2) is 0 Å². The van der Waals surface area contributed by atoms with Crippen molar-refractivity contribution in [2.24, 2.45) is 0 Å². The summed E-state index contributed by atoms with van der Waals surface area (Å²) < 4.78 is 10.8. The van der Waals surface area contributed by atoms with Crippen LogP contribution in [0.25, 0.3) is 0 Å². The molecule has 2 fully saturated rings. The highest BCUT2D eigenvalue weighted by Crippen LogP contribution is 2.29. The number of hydrogen-bond donors (Lipinski definition) is 1. The number of methoxy groups -OCH3 is 1. The quantitative estimate of drug-likeness (QED) is 0.857. The zero-order valence-corrected chi connectivity index (χ0v) is 15.9. The average molecular weight is 383 g/mol. The predicted molar refractivity (Wildman–Crippen MR) is 102 cm³/mol. The SMILES string of the molecule is CO[C@H]1C[C@H]2CN(C(=O)NCc3ccco3)[C@@H](Cc3ccccc3)C(=O)N2C1. The van der Waals surface area contributed by atoms with Crippen LogP contribution in [0.5, 0.6) is 0 Å². The lowest BCUT2D eigenvalue weighted by Crippen LogP contribution is -2.63. The molecule has 2 aliphatic heterocycles. The van der Waals surface area contributed by atoms with E-state index in [0.29, 0.717) is 31.8 Å². The van der Waals surface area contributed by atoms with Gasteiger partial charge in [-0.2, -0.15) is 0 Å². The van der Waals surface area contributed by atoms with Crippen LogP contribution in [-0.4, -0.2) is 60.1 Å². The van der Waals surface area contributed by atoms with Crippen LogP contribution in [0.1, 0.15) is 17.7 Å². The summed E-state index contributed by atoms with van der Waals surface area (Å²) in [5, 5.41) is 2.89. The number of nitrogens with zero attached hydrogens (tertiary/aromatic N) is 2. The van der Waals surface area contributed by atoms with Crippen molar-refractivity contribution >= 4 is 11.9 Å². The third-order valence-corrected chi connectivity index (χ3v) is 5.59. The minimum atomic E-state index is -0.522. The van der Waals surface area contributed by atoms with Gasteiger partial charge >= 0.3 is 6.03 Å². The van der Waals surface area contributed by atoms with Gasteiger partial charge in [-0.05, 0) is 24.1 Å². The fourth-order valence-electron chi connectivity index (χ4n) is 4.10. The van der Waals surface area contributed by atoms with Gasteiger partial charge in [-0.1, -0.05) is 30.3 Å². The fraction of sp³-hybridized carbons (Fsp3) is 0.429. The van der Waals surface area contributed by atoms with Crippen molar-refractivity contribution < 1.29 is 18.7 Å². The first-order valence-corrected chi connectivity index (χ1v) is 9.59. The van der Waals surface area contributed by atoms with Gasteiger partial charge in [0, 0.05) is 26.6 Å². The van der Waals surface area contributed by atoms with E-state index in [1.54, 1.807) is 24.3 Å². The second-order valence-electron chi connectivity index (χ2n) is 7.33. The van der Waals surface area contributed by atoms with Crippen LogP contribution in [0, 0.1) is 0 Å². The molecule has 0 saturated carbocycles. The van der Waals surface area contributed by atoms with Crippen molar-refractivity contribution in [2.45, 2.75) is 37.6 Å². The minimum absolute atomic E-state index is 0.00108. The Morgan fingerprint density at radius 2 is 2.04 bits per heavy atom. The smallest absolute Gasteiger partial charge is 0.318 e. The molecule has 2 aromatic rings. The van der Waals surface area contributed by atoms with E-state index < -0.39 is 6.04 Å². The zero-order valence-electron chi connectivity index (χ0n) is 15.9. The summed E-state index contributed by atoms with van der Waals surface area (Å²) in [4.78, 5) is 29.8. The summed E-state index contributed by atoms with van der Waals surface area (Å²) in [5.41, 5.74) is 1.03. The van der Waals surface area contributed by atoms with Gasteiger partial charge in [0.05, 0.1) is 25.0 Å². The molecule has 0 radical (unpaired) electrons.